The number of ketones is 1. The van der Waals surface area contributed by atoms with Crippen LogP contribution in [0.5, 0.6) is 0 Å². The SMILES string of the molecule is CCC(c1ccccc1)C1C(=O)OC(CCc2ccccc2)C1=O. The Kier molecular flexibility index (Phi) is 5.09. The summed E-state index contributed by atoms with van der Waals surface area (Å²) in [6.07, 6.45) is 1.41. The van der Waals surface area contributed by atoms with Crippen LogP contribution in [0.25, 0.3) is 0 Å². The lowest BCUT2D eigenvalue weighted by Gasteiger charge is -2.18. The Hall–Kier alpha value is -2.42. The Morgan fingerprint density at radius 1 is 0.958 bits per heavy atom. The van der Waals surface area contributed by atoms with Gasteiger partial charge in [0.2, 0.25) is 0 Å². The molecular weight excluding hydrogens is 300 g/mol. The number of carbonyl (C=O) groups excluding carboxylic acids is 2. The number of benzene rings is 2. The Morgan fingerprint density at radius 3 is 2.21 bits per heavy atom. The fourth-order valence-electron chi connectivity index (χ4n) is 3.46. The zero-order chi connectivity index (χ0) is 16.9. The van der Waals surface area contributed by atoms with Gasteiger partial charge in [0.15, 0.2) is 11.9 Å². The lowest BCUT2D eigenvalue weighted by Crippen LogP contribution is -2.26. The summed E-state index contributed by atoms with van der Waals surface area (Å²) in [6, 6.07) is 19.7. The van der Waals surface area contributed by atoms with Crippen LogP contribution in [0.1, 0.15) is 36.8 Å². The summed E-state index contributed by atoms with van der Waals surface area (Å²) in [5, 5.41) is 0. The summed E-state index contributed by atoms with van der Waals surface area (Å²) in [6.45, 7) is 2.01. The van der Waals surface area contributed by atoms with Crippen LogP contribution >= 0.6 is 0 Å². The molecule has 0 aliphatic carbocycles. The average molecular weight is 322 g/mol. The van der Waals surface area contributed by atoms with Crippen LogP contribution in [-0.4, -0.2) is 17.9 Å². The van der Waals surface area contributed by atoms with Crippen molar-refractivity contribution in [1.82, 2.24) is 0 Å². The molecule has 124 valence electrons. The summed E-state index contributed by atoms with van der Waals surface area (Å²) in [5.74, 6) is -1.20. The maximum absolute atomic E-state index is 12.8. The van der Waals surface area contributed by atoms with Crippen LogP contribution < -0.4 is 0 Å². The second kappa shape index (κ2) is 7.43. The van der Waals surface area contributed by atoms with E-state index in [-0.39, 0.29) is 17.7 Å². The minimum Gasteiger partial charge on any atom is -0.454 e. The lowest BCUT2D eigenvalue weighted by molar-refractivity contribution is -0.145. The number of ether oxygens (including phenoxy) is 1. The molecule has 1 aliphatic heterocycles. The van der Waals surface area contributed by atoms with E-state index in [2.05, 4.69) is 0 Å². The summed E-state index contributed by atoms with van der Waals surface area (Å²) in [4.78, 5) is 25.1. The topological polar surface area (TPSA) is 43.4 Å². The molecule has 0 saturated carbocycles. The van der Waals surface area contributed by atoms with Gasteiger partial charge in [0, 0.05) is 5.92 Å². The third-order valence-electron chi connectivity index (χ3n) is 4.74. The molecule has 0 radical (unpaired) electrons. The van der Waals surface area contributed by atoms with Gasteiger partial charge in [-0.3, -0.25) is 9.59 Å². The Bertz CT molecular complexity index is 694. The molecule has 3 unspecified atom stereocenters. The Labute approximate surface area is 142 Å². The quantitative estimate of drug-likeness (QED) is 0.598. The molecule has 0 N–H and O–H groups in total. The molecule has 24 heavy (non-hydrogen) atoms. The van der Waals surface area contributed by atoms with E-state index in [1.54, 1.807) is 0 Å². The molecule has 0 amide bonds. The maximum atomic E-state index is 12.8. The first-order chi connectivity index (χ1) is 11.7. The van der Waals surface area contributed by atoms with Crippen molar-refractivity contribution in [2.75, 3.05) is 0 Å². The highest BCUT2D eigenvalue weighted by Gasteiger charge is 2.47. The molecule has 2 aromatic carbocycles. The van der Waals surface area contributed by atoms with Crippen LogP contribution in [0.2, 0.25) is 0 Å². The molecule has 3 atom stereocenters. The van der Waals surface area contributed by atoms with Crippen molar-refractivity contribution in [3.05, 3.63) is 71.8 Å². The predicted molar refractivity (Wildman–Crippen MR) is 92.6 cm³/mol. The second-order valence-corrected chi connectivity index (χ2v) is 6.26. The van der Waals surface area contributed by atoms with Gasteiger partial charge >= 0.3 is 5.97 Å². The van der Waals surface area contributed by atoms with Crippen LogP contribution in [0.3, 0.4) is 0 Å². The first-order valence-corrected chi connectivity index (χ1v) is 8.53. The number of aryl methyl sites for hydroxylation is 1. The van der Waals surface area contributed by atoms with Gasteiger partial charge in [0.25, 0.3) is 0 Å². The van der Waals surface area contributed by atoms with E-state index in [9.17, 15) is 9.59 Å². The van der Waals surface area contributed by atoms with Crippen molar-refractivity contribution in [2.24, 2.45) is 5.92 Å². The van der Waals surface area contributed by atoms with Gasteiger partial charge in [-0.2, -0.15) is 0 Å². The van der Waals surface area contributed by atoms with E-state index in [0.717, 1.165) is 24.0 Å². The van der Waals surface area contributed by atoms with E-state index in [4.69, 9.17) is 4.74 Å². The molecule has 1 saturated heterocycles. The molecule has 2 aromatic rings. The summed E-state index contributed by atoms with van der Waals surface area (Å²) >= 11 is 0. The molecule has 1 fully saturated rings. The number of carbonyl (C=O) groups is 2. The van der Waals surface area contributed by atoms with Gasteiger partial charge in [-0.25, -0.2) is 0 Å². The number of rotatable bonds is 6. The molecule has 0 spiro atoms. The van der Waals surface area contributed by atoms with Crippen LogP contribution in [0.4, 0.5) is 0 Å². The Balaban J connectivity index is 1.71. The minimum atomic E-state index is -0.668. The van der Waals surface area contributed by atoms with Gasteiger partial charge in [-0.05, 0) is 30.4 Å². The van der Waals surface area contributed by atoms with Gasteiger partial charge in [0.1, 0.15) is 5.92 Å². The highest BCUT2D eigenvalue weighted by Crippen LogP contribution is 2.35. The van der Waals surface area contributed by atoms with E-state index >= 15 is 0 Å². The third-order valence-corrected chi connectivity index (χ3v) is 4.74. The second-order valence-electron chi connectivity index (χ2n) is 6.26. The number of hydrogen-bond donors (Lipinski definition) is 0. The number of cyclic esters (lactones) is 1. The van der Waals surface area contributed by atoms with Crippen molar-refractivity contribution >= 4 is 11.8 Å². The fraction of sp³-hybridized carbons (Fsp3) is 0.333. The Morgan fingerprint density at radius 2 is 1.58 bits per heavy atom. The number of esters is 1. The molecule has 1 aliphatic rings. The van der Waals surface area contributed by atoms with Crippen LogP contribution in [-0.2, 0) is 20.7 Å². The minimum absolute atomic E-state index is 0.0633. The third kappa shape index (κ3) is 3.40. The molecule has 0 bridgehead atoms. The normalized spacial score (nSPS) is 21.5. The molecule has 3 rings (SSSR count). The molecule has 3 heteroatoms. The van der Waals surface area contributed by atoms with Gasteiger partial charge < -0.3 is 4.74 Å². The predicted octanol–water partition coefficient (Wildman–Crippen LogP) is 3.92. The first kappa shape index (κ1) is 16.4. The monoisotopic (exact) mass is 322 g/mol. The lowest BCUT2D eigenvalue weighted by atomic mass is 9.81. The molecule has 0 aromatic heterocycles. The largest absolute Gasteiger partial charge is 0.454 e. The molecular formula is C21H22O3. The highest BCUT2D eigenvalue weighted by molar-refractivity contribution is 6.07. The zero-order valence-electron chi connectivity index (χ0n) is 13.9. The van der Waals surface area contributed by atoms with E-state index in [1.807, 2.05) is 67.6 Å². The van der Waals surface area contributed by atoms with Gasteiger partial charge in [-0.1, -0.05) is 67.6 Å². The summed E-state index contributed by atoms with van der Waals surface area (Å²) in [7, 11) is 0. The first-order valence-electron chi connectivity index (χ1n) is 8.53. The summed E-state index contributed by atoms with van der Waals surface area (Å²) < 4.78 is 5.42. The summed E-state index contributed by atoms with van der Waals surface area (Å²) in [5.41, 5.74) is 2.18. The van der Waals surface area contributed by atoms with Crippen LogP contribution in [0.15, 0.2) is 60.7 Å². The van der Waals surface area contributed by atoms with Crippen molar-refractivity contribution in [3.8, 4) is 0 Å². The molecule has 1 heterocycles. The van der Waals surface area contributed by atoms with Crippen LogP contribution in [0, 0.1) is 5.92 Å². The van der Waals surface area contributed by atoms with Crippen molar-refractivity contribution in [3.63, 3.8) is 0 Å². The zero-order valence-corrected chi connectivity index (χ0v) is 13.9. The number of hydrogen-bond acceptors (Lipinski definition) is 3. The van der Waals surface area contributed by atoms with Gasteiger partial charge in [-0.15, -0.1) is 0 Å². The van der Waals surface area contributed by atoms with E-state index in [1.165, 1.54) is 0 Å². The smallest absolute Gasteiger partial charge is 0.317 e. The van der Waals surface area contributed by atoms with E-state index < -0.39 is 12.0 Å². The fourth-order valence-corrected chi connectivity index (χ4v) is 3.46. The standard InChI is InChI=1S/C21H22O3/c1-2-17(16-11-7-4-8-12-16)19-20(22)18(24-21(19)23)14-13-15-9-5-3-6-10-15/h3-12,17-19H,2,13-14H2,1H3. The van der Waals surface area contributed by atoms with Crippen molar-refractivity contribution < 1.29 is 14.3 Å². The molecule has 3 nitrogen and oxygen atoms in total. The van der Waals surface area contributed by atoms with Gasteiger partial charge in [0.05, 0.1) is 0 Å². The highest BCUT2D eigenvalue weighted by atomic mass is 16.6. The van der Waals surface area contributed by atoms with Crippen molar-refractivity contribution in [2.45, 2.75) is 38.2 Å². The number of Topliss-reactive ketones (excluding diaryl/α,β-unsaturated/α-hetero) is 1. The average Bonchev–Trinajstić information content (AvgIpc) is 2.90. The van der Waals surface area contributed by atoms with E-state index in [0.29, 0.717) is 6.42 Å². The van der Waals surface area contributed by atoms with Crippen molar-refractivity contribution in [1.29, 1.82) is 0 Å². The maximum Gasteiger partial charge on any atom is 0.317 e.